The van der Waals surface area contributed by atoms with Gasteiger partial charge in [0, 0.05) is 38.8 Å². The van der Waals surface area contributed by atoms with Gasteiger partial charge in [0.2, 0.25) is 5.95 Å². The maximum absolute atomic E-state index is 5.15. The Morgan fingerprint density at radius 1 is 0.468 bits per heavy atom. The molecule has 0 unspecified atom stereocenters. The SMILES string of the molecule is c1ccc(-n2c3ccccc3c3cc(-c4ccc5c(c4)c4ccccc4n5-c4nc(-c5ccccn5)c5ccsc5n4)ccc32)cc1. The second-order valence-electron chi connectivity index (χ2n) is 11.7. The van der Waals surface area contributed by atoms with Crippen LogP contribution in [0.5, 0.6) is 0 Å². The third kappa shape index (κ3) is 3.98. The molecule has 47 heavy (non-hydrogen) atoms. The summed E-state index contributed by atoms with van der Waals surface area (Å²) in [5.41, 5.74) is 9.74. The molecular formula is C41H25N5S. The van der Waals surface area contributed by atoms with Crippen molar-refractivity contribution >= 4 is 65.2 Å². The molecule has 0 bridgehead atoms. The number of fused-ring (bicyclic) bond motifs is 7. The number of hydrogen-bond donors (Lipinski definition) is 0. The third-order valence-corrected chi connectivity index (χ3v) is 9.92. The third-order valence-electron chi connectivity index (χ3n) is 9.11. The van der Waals surface area contributed by atoms with Crippen molar-refractivity contribution in [3.05, 3.63) is 151 Å². The molecular weight excluding hydrogens is 595 g/mol. The van der Waals surface area contributed by atoms with Crippen LogP contribution < -0.4 is 0 Å². The van der Waals surface area contributed by atoms with Crippen molar-refractivity contribution < 1.29 is 0 Å². The van der Waals surface area contributed by atoms with Gasteiger partial charge in [-0.05, 0) is 83.2 Å². The Hall–Kier alpha value is -6.11. The van der Waals surface area contributed by atoms with Gasteiger partial charge in [0.25, 0.3) is 0 Å². The quantitative estimate of drug-likeness (QED) is 0.197. The number of pyridine rings is 1. The van der Waals surface area contributed by atoms with E-state index < -0.39 is 0 Å². The Morgan fingerprint density at radius 3 is 1.79 bits per heavy atom. The van der Waals surface area contributed by atoms with Crippen molar-refractivity contribution in [3.8, 4) is 34.2 Å². The summed E-state index contributed by atoms with van der Waals surface area (Å²) in [4.78, 5) is 15.8. The molecule has 220 valence electrons. The molecule has 0 aliphatic carbocycles. The molecule has 10 aromatic rings. The summed E-state index contributed by atoms with van der Waals surface area (Å²) in [5, 5.41) is 7.91. The molecule has 5 aromatic heterocycles. The number of thiophene rings is 1. The van der Waals surface area contributed by atoms with Crippen molar-refractivity contribution in [1.82, 2.24) is 24.1 Å². The van der Waals surface area contributed by atoms with E-state index in [1.165, 1.54) is 43.7 Å². The van der Waals surface area contributed by atoms with Crippen molar-refractivity contribution in [3.63, 3.8) is 0 Å². The second kappa shape index (κ2) is 10.2. The molecule has 0 fully saturated rings. The summed E-state index contributed by atoms with van der Waals surface area (Å²) in [6.45, 7) is 0. The lowest BCUT2D eigenvalue weighted by atomic mass is 10.0. The summed E-state index contributed by atoms with van der Waals surface area (Å²) in [6.07, 6.45) is 1.81. The van der Waals surface area contributed by atoms with Crippen LogP contribution >= 0.6 is 11.3 Å². The minimum atomic E-state index is 0.648. The van der Waals surface area contributed by atoms with E-state index in [0.717, 1.165) is 38.3 Å². The number of para-hydroxylation sites is 3. The fraction of sp³-hybridized carbons (Fsp3) is 0. The molecule has 0 saturated carbocycles. The first-order valence-electron chi connectivity index (χ1n) is 15.6. The van der Waals surface area contributed by atoms with E-state index in [2.05, 4.69) is 141 Å². The van der Waals surface area contributed by atoms with Gasteiger partial charge in [-0.25, -0.2) is 9.97 Å². The summed E-state index contributed by atoms with van der Waals surface area (Å²) in [6, 6.07) is 49.4. The van der Waals surface area contributed by atoms with Gasteiger partial charge in [-0.3, -0.25) is 9.55 Å². The minimum absolute atomic E-state index is 0.648. The predicted molar refractivity (Wildman–Crippen MR) is 195 cm³/mol. The van der Waals surface area contributed by atoms with E-state index in [1.54, 1.807) is 11.3 Å². The Balaban J connectivity index is 1.18. The van der Waals surface area contributed by atoms with Crippen LogP contribution in [0.1, 0.15) is 0 Å². The fourth-order valence-electron chi connectivity index (χ4n) is 7.02. The number of aromatic nitrogens is 5. The molecule has 0 aliphatic rings. The van der Waals surface area contributed by atoms with Crippen LogP contribution in [0.4, 0.5) is 0 Å². The average Bonchev–Trinajstić information content (AvgIpc) is 3.84. The van der Waals surface area contributed by atoms with E-state index in [1.807, 2.05) is 24.4 Å². The number of benzene rings is 5. The zero-order chi connectivity index (χ0) is 30.9. The van der Waals surface area contributed by atoms with E-state index in [0.29, 0.717) is 5.95 Å². The number of nitrogens with zero attached hydrogens (tertiary/aromatic N) is 5. The normalized spacial score (nSPS) is 11.8. The zero-order valence-electron chi connectivity index (χ0n) is 25.1. The molecule has 0 spiro atoms. The topological polar surface area (TPSA) is 48.5 Å². The van der Waals surface area contributed by atoms with Gasteiger partial charge in [0.1, 0.15) is 10.5 Å². The predicted octanol–water partition coefficient (Wildman–Crippen LogP) is 10.6. The smallest absolute Gasteiger partial charge is 0.236 e. The van der Waals surface area contributed by atoms with Crippen molar-refractivity contribution in [2.75, 3.05) is 0 Å². The largest absolute Gasteiger partial charge is 0.309 e. The first kappa shape index (κ1) is 26.1. The number of rotatable bonds is 4. The minimum Gasteiger partial charge on any atom is -0.309 e. The van der Waals surface area contributed by atoms with Gasteiger partial charge >= 0.3 is 0 Å². The van der Waals surface area contributed by atoms with Gasteiger partial charge in [0.05, 0.1) is 27.8 Å². The fourth-order valence-corrected chi connectivity index (χ4v) is 7.78. The Kier molecular flexibility index (Phi) is 5.68. The lowest BCUT2D eigenvalue weighted by Crippen LogP contribution is -2.02. The Labute approximate surface area is 273 Å². The lowest BCUT2D eigenvalue weighted by molar-refractivity contribution is 1.01. The Morgan fingerprint density at radius 2 is 1.09 bits per heavy atom. The van der Waals surface area contributed by atoms with Crippen molar-refractivity contribution in [2.24, 2.45) is 0 Å². The monoisotopic (exact) mass is 619 g/mol. The molecule has 0 radical (unpaired) electrons. The highest BCUT2D eigenvalue weighted by atomic mass is 32.1. The highest BCUT2D eigenvalue weighted by Gasteiger charge is 2.19. The Bertz CT molecular complexity index is 2790. The first-order valence-corrected chi connectivity index (χ1v) is 16.5. The summed E-state index contributed by atoms with van der Waals surface area (Å²) in [7, 11) is 0. The standard InChI is InChI=1S/C41H25N5S/c1-2-10-28(11-3-1)45-35-15-6-4-12-29(35)32-24-26(17-19-37(32)45)27-18-20-38-33(25-27)30-13-5-7-16-36(30)46(38)41-43-39(34-14-8-9-22-42-34)31-21-23-47-40(31)44-41/h1-25H. The average molecular weight is 620 g/mol. The van der Waals surface area contributed by atoms with Gasteiger partial charge < -0.3 is 4.57 Å². The molecule has 0 atom stereocenters. The lowest BCUT2D eigenvalue weighted by Gasteiger charge is -2.10. The molecule has 5 aromatic carbocycles. The van der Waals surface area contributed by atoms with Crippen molar-refractivity contribution in [2.45, 2.75) is 0 Å². The van der Waals surface area contributed by atoms with Crippen LogP contribution in [0.2, 0.25) is 0 Å². The summed E-state index contributed by atoms with van der Waals surface area (Å²) < 4.78 is 4.55. The molecule has 0 aliphatic heterocycles. The van der Waals surface area contributed by atoms with Crippen LogP contribution in [-0.4, -0.2) is 24.1 Å². The molecule has 0 saturated heterocycles. The van der Waals surface area contributed by atoms with Crippen LogP contribution in [0.25, 0.3) is 88.0 Å². The maximum Gasteiger partial charge on any atom is 0.236 e. The second-order valence-corrected chi connectivity index (χ2v) is 12.6. The molecule has 6 heteroatoms. The van der Waals surface area contributed by atoms with Gasteiger partial charge in [0.15, 0.2) is 0 Å². The molecule has 10 rings (SSSR count). The highest BCUT2D eigenvalue weighted by Crippen LogP contribution is 2.38. The van der Waals surface area contributed by atoms with Crippen LogP contribution in [0.15, 0.2) is 151 Å². The van der Waals surface area contributed by atoms with Gasteiger partial charge in [-0.15, -0.1) is 11.3 Å². The molecule has 5 heterocycles. The number of hydrogen-bond acceptors (Lipinski definition) is 4. The molecule has 0 N–H and O–H groups in total. The van der Waals surface area contributed by atoms with Crippen LogP contribution in [-0.2, 0) is 0 Å². The first-order chi connectivity index (χ1) is 23.3. The van der Waals surface area contributed by atoms with Crippen molar-refractivity contribution in [1.29, 1.82) is 0 Å². The van der Waals surface area contributed by atoms with Gasteiger partial charge in [-0.2, -0.15) is 0 Å². The molecule has 0 amide bonds. The van der Waals surface area contributed by atoms with E-state index in [9.17, 15) is 0 Å². The van der Waals surface area contributed by atoms with Gasteiger partial charge in [-0.1, -0.05) is 72.8 Å². The highest BCUT2D eigenvalue weighted by molar-refractivity contribution is 7.16. The van der Waals surface area contributed by atoms with E-state index in [4.69, 9.17) is 9.97 Å². The summed E-state index contributed by atoms with van der Waals surface area (Å²) >= 11 is 1.63. The van der Waals surface area contributed by atoms with E-state index >= 15 is 0 Å². The maximum atomic E-state index is 5.15. The van der Waals surface area contributed by atoms with Crippen LogP contribution in [0, 0.1) is 0 Å². The summed E-state index contributed by atoms with van der Waals surface area (Å²) in [5.74, 6) is 0.648. The zero-order valence-corrected chi connectivity index (χ0v) is 25.9. The molecule has 5 nitrogen and oxygen atoms in total. The van der Waals surface area contributed by atoms with Crippen LogP contribution in [0.3, 0.4) is 0 Å². The van der Waals surface area contributed by atoms with E-state index in [-0.39, 0.29) is 0 Å².